The van der Waals surface area contributed by atoms with E-state index in [1.807, 2.05) is 36.1 Å². The summed E-state index contributed by atoms with van der Waals surface area (Å²) in [6.45, 7) is 8.91. The number of fused-ring (bicyclic) bond motifs is 1. The minimum atomic E-state index is 0.530. The number of anilines is 1. The molecule has 9 nitrogen and oxygen atoms in total. The predicted molar refractivity (Wildman–Crippen MR) is 147 cm³/mol. The largest absolute Gasteiger partial charge is 0.363 e. The molecular weight excluding hydrogens is 470 g/mol. The Bertz CT molecular complexity index is 1340. The Morgan fingerprint density at radius 1 is 1.00 bits per heavy atom. The second-order valence-corrected chi connectivity index (χ2v) is 9.51. The molecule has 36 heavy (non-hydrogen) atoms. The minimum absolute atomic E-state index is 0.530. The van der Waals surface area contributed by atoms with E-state index in [-0.39, 0.29) is 0 Å². The SMILES string of the molecule is CCNC(=S)Nc1ccc2ncc(-c3cnn(Cc4cccc(CN5CCN(C)CC5)c4)c3)nc2n1. The van der Waals surface area contributed by atoms with Gasteiger partial charge in [0.05, 0.1) is 24.6 Å². The molecule has 0 saturated carbocycles. The zero-order chi connectivity index (χ0) is 24.9. The zero-order valence-corrected chi connectivity index (χ0v) is 21.5. The molecule has 5 rings (SSSR count). The number of benzene rings is 1. The highest BCUT2D eigenvalue weighted by molar-refractivity contribution is 7.80. The Labute approximate surface area is 216 Å². The summed E-state index contributed by atoms with van der Waals surface area (Å²) in [5.74, 6) is 0.632. The maximum absolute atomic E-state index is 5.26. The Morgan fingerprint density at radius 3 is 2.61 bits per heavy atom. The van der Waals surface area contributed by atoms with Crippen molar-refractivity contribution in [1.29, 1.82) is 0 Å². The molecule has 3 aromatic heterocycles. The van der Waals surface area contributed by atoms with Crippen LogP contribution in [0.25, 0.3) is 22.4 Å². The van der Waals surface area contributed by atoms with Gasteiger partial charge in [0.25, 0.3) is 0 Å². The fraction of sp³-hybridized carbons (Fsp3) is 0.346. The topological polar surface area (TPSA) is 87.0 Å². The molecule has 4 aromatic rings. The average Bonchev–Trinajstić information content (AvgIpc) is 3.34. The molecule has 2 N–H and O–H groups in total. The summed E-state index contributed by atoms with van der Waals surface area (Å²) in [5, 5.41) is 11.2. The summed E-state index contributed by atoms with van der Waals surface area (Å²) in [6, 6.07) is 12.5. The van der Waals surface area contributed by atoms with Gasteiger partial charge < -0.3 is 15.5 Å². The van der Waals surface area contributed by atoms with Crippen LogP contribution in [-0.2, 0) is 13.1 Å². The van der Waals surface area contributed by atoms with Crippen molar-refractivity contribution >= 4 is 34.3 Å². The highest BCUT2D eigenvalue weighted by Gasteiger charge is 2.14. The van der Waals surface area contributed by atoms with E-state index in [2.05, 4.69) is 66.8 Å². The first-order valence-electron chi connectivity index (χ1n) is 12.3. The summed E-state index contributed by atoms with van der Waals surface area (Å²) in [5.41, 5.74) is 5.49. The summed E-state index contributed by atoms with van der Waals surface area (Å²) < 4.78 is 1.94. The quantitative estimate of drug-likeness (QED) is 0.371. The van der Waals surface area contributed by atoms with Crippen LogP contribution in [0.15, 0.2) is 55.0 Å². The molecule has 4 heterocycles. The van der Waals surface area contributed by atoms with Crippen LogP contribution in [0.1, 0.15) is 18.1 Å². The third-order valence-corrected chi connectivity index (χ3v) is 6.50. The van der Waals surface area contributed by atoms with Crippen molar-refractivity contribution in [3.63, 3.8) is 0 Å². The molecule has 186 valence electrons. The van der Waals surface area contributed by atoms with Crippen LogP contribution < -0.4 is 10.6 Å². The van der Waals surface area contributed by atoms with Gasteiger partial charge in [-0.05, 0) is 49.4 Å². The molecule has 0 amide bonds. The van der Waals surface area contributed by atoms with Gasteiger partial charge >= 0.3 is 0 Å². The van der Waals surface area contributed by atoms with Crippen LogP contribution >= 0.6 is 12.2 Å². The molecule has 1 saturated heterocycles. The minimum Gasteiger partial charge on any atom is -0.363 e. The monoisotopic (exact) mass is 501 g/mol. The molecule has 1 aliphatic rings. The van der Waals surface area contributed by atoms with E-state index in [0.29, 0.717) is 23.1 Å². The number of likely N-dealkylation sites (N-methyl/N-ethyl adjacent to an activating group) is 1. The highest BCUT2D eigenvalue weighted by atomic mass is 32.1. The van der Waals surface area contributed by atoms with Gasteiger partial charge in [-0.15, -0.1) is 0 Å². The van der Waals surface area contributed by atoms with Crippen LogP contribution in [0.4, 0.5) is 5.82 Å². The van der Waals surface area contributed by atoms with Crippen LogP contribution in [0.3, 0.4) is 0 Å². The molecule has 0 spiro atoms. The van der Waals surface area contributed by atoms with Crippen molar-refractivity contribution in [2.45, 2.75) is 20.0 Å². The van der Waals surface area contributed by atoms with Crippen LogP contribution in [0.2, 0.25) is 0 Å². The van der Waals surface area contributed by atoms with Gasteiger partial charge in [0.15, 0.2) is 10.8 Å². The van der Waals surface area contributed by atoms with Crippen molar-refractivity contribution < 1.29 is 0 Å². The fourth-order valence-electron chi connectivity index (χ4n) is 4.29. The molecular formula is C26H31N9S. The molecule has 1 aromatic carbocycles. The third-order valence-electron chi connectivity index (χ3n) is 6.25. The van der Waals surface area contributed by atoms with Gasteiger partial charge in [-0.25, -0.2) is 9.97 Å². The van der Waals surface area contributed by atoms with E-state index < -0.39 is 0 Å². The second-order valence-electron chi connectivity index (χ2n) is 9.10. The number of hydrogen-bond donors (Lipinski definition) is 2. The van der Waals surface area contributed by atoms with Gasteiger partial charge in [-0.1, -0.05) is 24.3 Å². The molecule has 0 unspecified atom stereocenters. The Kier molecular flexibility index (Phi) is 7.45. The first-order valence-corrected chi connectivity index (χ1v) is 12.7. The third kappa shape index (κ3) is 6.01. The molecule has 0 bridgehead atoms. The fourth-order valence-corrected chi connectivity index (χ4v) is 4.54. The Morgan fingerprint density at radius 2 is 1.81 bits per heavy atom. The number of thiocarbonyl (C=S) groups is 1. The lowest BCUT2D eigenvalue weighted by atomic mass is 10.1. The molecule has 0 atom stereocenters. The van der Waals surface area contributed by atoms with E-state index >= 15 is 0 Å². The average molecular weight is 502 g/mol. The Balaban J connectivity index is 1.28. The summed E-state index contributed by atoms with van der Waals surface area (Å²) in [6.07, 6.45) is 5.59. The van der Waals surface area contributed by atoms with E-state index in [1.54, 1.807) is 6.20 Å². The molecule has 10 heteroatoms. The molecule has 1 fully saturated rings. The predicted octanol–water partition coefficient (Wildman–Crippen LogP) is 2.99. The number of aromatic nitrogens is 5. The van der Waals surface area contributed by atoms with Crippen molar-refractivity contribution in [2.24, 2.45) is 0 Å². The maximum Gasteiger partial charge on any atom is 0.180 e. The lowest BCUT2D eigenvalue weighted by Gasteiger charge is -2.32. The number of nitrogens with one attached hydrogen (secondary N) is 2. The summed E-state index contributed by atoms with van der Waals surface area (Å²) in [7, 11) is 2.19. The standard InChI is InChI=1S/C26H31N9S/c1-3-27-26(36)32-24-8-7-22-25(31-24)30-23(15-28-22)21-14-29-35(18-21)17-20-6-4-5-19(13-20)16-34-11-9-33(2)10-12-34/h4-8,13-15,18H,3,9-12,16-17H2,1-2H3,(H2,27,30,31,32,36). The van der Waals surface area contributed by atoms with E-state index in [0.717, 1.165) is 56.0 Å². The maximum atomic E-state index is 5.26. The summed E-state index contributed by atoms with van der Waals surface area (Å²) >= 11 is 5.26. The molecule has 0 radical (unpaired) electrons. The van der Waals surface area contributed by atoms with Crippen molar-refractivity contribution in [1.82, 2.24) is 39.8 Å². The summed E-state index contributed by atoms with van der Waals surface area (Å²) in [4.78, 5) is 18.7. The van der Waals surface area contributed by atoms with Gasteiger partial charge in [0, 0.05) is 51.0 Å². The van der Waals surface area contributed by atoms with Gasteiger partial charge in [-0.2, -0.15) is 5.10 Å². The number of piperazine rings is 1. The zero-order valence-electron chi connectivity index (χ0n) is 20.7. The van der Waals surface area contributed by atoms with Gasteiger partial charge in [0.2, 0.25) is 0 Å². The van der Waals surface area contributed by atoms with Crippen molar-refractivity contribution in [3.05, 3.63) is 66.1 Å². The van der Waals surface area contributed by atoms with E-state index in [9.17, 15) is 0 Å². The van der Waals surface area contributed by atoms with E-state index in [4.69, 9.17) is 17.2 Å². The number of hydrogen-bond acceptors (Lipinski definition) is 7. The second kappa shape index (κ2) is 11.1. The smallest absolute Gasteiger partial charge is 0.180 e. The lowest BCUT2D eigenvalue weighted by molar-refractivity contribution is 0.148. The Hall–Kier alpha value is -3.47. The van der Waals surface area contributed by atoms with Gasteiger partial charge in [-0.3, -0.25) is 14.6 Å². The van der Waals surface area contributed by atoms with Crippen LogP contribution in [0, 0.1) is 0 Å². The highest BCUT2D eigenvalue weighted by Crippen LogP contribution is 2.20. The molecule has 0 aliphatic carbocycles. The molecule has 1 aliphatic heterocycles. The van der Waals surface area contributed by atoms with Gasteiger partial charge in [0.1, 0.15) is 11.3 Å². The van der Waals surface area contributed by atoms with Crippen molar-refractivity contribution in [3.8, 4) is 11.3 Å². The number of rotatable bonds is 7. The van der Waals surface area contributed by atoms with Crippen molar-refractivity contribution in [2.75, 3.05) is 45.1 Å². The first-order chi connectivity index (χ1) is 17.6. The van der Waals surface area contributed by atoms with E-state index in [1.165, 1.54) is 11.1 Å². The number of pyridine rings is 1. The number of nitrogens with zero attached hydrogens (tertiary/aromatic N) is 7. The lowest BCUT2D eigenvalue weighted by Crippen LogP contribution is -2.43. The first kappa shape index (κ1) is 24.2. The van der Waals surface area contributed by atoms with Crippen LogP contribution in [0.5, 0.6) is 0 Å². The normalized spacial score (nSPS) is 14.7. The van der Waals surface area contributed by atoms with Crippen LogP contribution in [-0.4, -0.2) is 79.4 Å².